The predicted octanol–water partition coefficient (Wildman–Crippen LogP) is 0.277. The van der Waals surface area contributed by atoms with Crippen molar-refractivity contribution in [2.45, 2.75) is 37.8 Å². The van der Waals surface area contributed by atoms with Crippen LogP contribution < -0.4 is 10.6 Å². The number of carbonyl (C=O) groups excluding carboxylic acids is 2. The third kappa shape index (κ3) is 2.95. The average molecular weight is 228 g/mol. The van der Waals surface area contributed by atoms with Crippen LogP contribution in [0, 0.1) is 0 Å². The molecule has 0 aromatic carbocycles. The van der Waals surface area contributed by atoms with Gasteiger partial charge in [-0.1, -0.05) is 0 Å². The molecule has 0 spiro atoms. The van der Waals surface area contributed by atoms with Gasteiger partial charge in [0.2, 0.25) is 11.8 Å². The first kappa shape index (κ1) is 11.0. The Bertz CT molecular complexity index is 264. The van der Waals surface area contributed by atoms with E-state index in [0.717, 1.165) is 12.2 Å². The molecule has 0 bridgehead atoms. The smallest absolute Gasteiger partial charge is 0.243 e. The van der Waals surface area contributed by atoms with Crippen molar-refractivity contribution in [1.29, 1.82) is 0 Å². The van der Waals surface area contributed by atoms with E-state index in [1.165, 1.54) is 12.2 Å². The second-order valence-corrected chi connectivity index (χ2v) is 5.23. The van der Waals surface area contributed by atoms with Gasteiger partial charge in [-0.2, -0.15) is 11.8 Å². The number of nitrogens with one attached hydrogen (secondary N) is 2. The Morgan fingerprint density at radius 3 is 2.87 bits per heavy atom. The molecule has 2 unspecified atom stereocenters. The molecular weight excluding hydrogens is 212 g/mol. The van der Waals surface area contributed by atoms with Crippen LogP contribution in [-0.4, -0.2) is 35.4 Å². The number of hydrogen-bond donors (Lipinski definition) is 2. The second-order valence-electron chi connectivity index (χ2n) is 4.08. The predicted molar refractivity (Wildman–Crippen MR) is 59.7 cm³/mol. The number of amides is 2. The Hall–Kier alpha value is -0.550. The van der Waals surface area contributed by atoms with E-state index >= 15 is 0 Å². The van der Waals surface area contributed by atoms with Crippen molar-refractivity contribution in [2.75, 3.05) is 11.5 Å². The monoisotopic (exact) mass is 228 g/mol. The fourth-order valence-electron chi connectivity index (χ4n) is 2.01. The van der Waals surface area contributed by atoms with Crippen LogP contribution in [0.4, 0.5) is 0 Å². The zero-order valence-electron chi connectivity index (χ0n) is 8.62. The maximum Gasteiger partial charge on any atom is 0.243 e. The zero-order chi connectivity index (χ0) is 10.7. The maximum absolute atomic E-state index is 11.5. The Morgan fingerprint density at radius 1 is 1.33 bits per heavy atom. The van der Waals surface area contributed by atoms with Gasteiger partial charge in [0.05, 0.1) is 6.04 Å². The van der Waals surface area contributed by atoms with Crippen LogP contribution in [0.25, 0.3) is 0 Å². The van der Waals surface area contributed by atoms with Gasteiger partial charge in [0.1, 0.15) is 0 Å². The van der Waals surface area contributed by atoms with Gasteiger partial charge < -0.3 is 5.32 Å². The molecule has 2 aliphatic heterocycles. The van der Waals surface area contributed by atoms with Crippen molar-refractivity contribution < 1.29 is 9.59 Å². The summed E-state index contributed by atoms with van der Waals surface area (Å²) in [6.45, 7) is 0. The Balaban J connectivity index is 1.82. The summed E-state index contributed by atoms with van der Waals surface area (Å²) in [6, 6.07) is 0.277. The minimum atomic E-state index is -0.161. The molecule has 2 N–H and O–H groups in total. The molecule has 0 aromatic heterocycles. The van der Waals surface area contributed by atoms with E-state index in [0.29, 0.717) is 18.9 Å². The van der Waals surface area contributed by atoms with Crippen LogP contribution in [0.1, 0.15) is 25.7 Å². The molecule has 0 aromatic rings. The van der Waals surface area contributed by atoms with Gasteiger partial charge in [0.15, 0.2) is 0 Å². The SMILES string of the molecule is O=C1CCC(NC2CCCSC2)C(=O)N1. The van der Waals surface area contributed by atoms with E-state index in [1.54, 1.807) is 0 Å². The summed E-state index contributed by atoms with van der Waals surface area (Å²) in [5.74, 6) is 2.02. The molecule has 2 amide bonds. The normalized spacial score (nSPS) is 32.5. The summed E-state index contributed by atoms with van der Waals surface area (Å²) in [5.41, 5.74) is 0. The standard InChI is InChI=1S/C10H16N2O2S/c13-9-4-3-8(10(14)12-9)11-7-2-1-5-15-6-7/h7-8,11H,1-6H2,(H,12,13,14). The molecule has 4 nitrogen and oxygen atoms in total. The van der Waals surface area contributed by atoms with Gasteiger partial charge in [-0.25, -0.2) is 0 Å². The van der Waals surface area contributed by atoms with Crippen LogP contribution in [0.15, 0.2) is 0 Å². The lowest BCUT2D eigenvalue weighted by Crippen LogP contribution is -2.54. The fourth-order valence-corrected chi connectivity index (χ4v) is 3.09. The van der Waals surface area contributed by atoms with E-state index < -0.39 is 0 Å². The quantitative estimate of drug-likeness (QED) is 0.666. The summed E-state index contributed by atoms with van der Waals surface area (Å²) in [7, 11) is 0. The molecule has 0 aliphatic carbocycles. The number of thioether (sulfide) groups is 1. The fraction of sp³-hybridized carbons (Fsp3) is 0.800. The summed E-state index contributed by atoms with van der Waals surface area (Å²) in [6.07, 6.45) is 3.47. The van der Waals surface area contributed by atoms with Crippen LogP contribution in [0.3, 0.4) is 0 Å². The largest absolute Gasteiger partial charge is 0.302 e. The van der Waals surface area contributed by atoms with Crippen LogP contribution in [-0.2, 0) is 9.59 Å². The van der Waals surface area contributed by atoms with Crippen molar-refractivity contribution in [3.05, 3.63) is 0 Å². The van der Waals surface area contributed by atoms with E-state index in [9.17, 15) is 9.59 Å². The minimum absolute atomic E-state index is 0.143. The first-order valence-corrected chi connectivity index (χ1v) is 6.58. The van der Waals surface area contributed by atoms with Gasteiger partial charge in [-0.3, -0.25) is 14.9 Å². The summed E-state index contributed by atoms with van der Waals surface area (Å²) in [5, 5.41) is 5.71. The summed E-state index contributed by atoms with van der Waals surface area (Å²) < 4.78 is 0. The Kier molecular flexibility index (Phi) is 3.64. The first-order chi connectivity index (χ1) is 7.25. The molecule has 15 heavy (non-hydrogen) atoms. The van der Waals surface area contributed by atoms with Crippen LogP contribution >= 0.6 is 11.8 Å². The highest BCUT2D eigenvalue weighted by molar-refractivity contribution is 7.99. The van der Waals surface area contributed by atoms with Crippen molar-refractivity contribution in [3.63, 3.8) is 0 Å². The molecule has 5 heteroatoms. The van der Waals surface area contributed by atoms with Crippen molar-refractivity contribution in [1.82, 2.24) is 10.6 Å². The molecule has 2 rings (SSSR count). The van der Waals surface area contributed by atoms with Crippen molar-refractivity contribution in [3.8, 4) is 0 Å². The maximum atomic E-state index is 11.5. The third-order valence-electron chi connectivity index (χ3n) is 2.84. The van der Waals surface area contributed by atoms with Gasteiger partial charge in [-0.05, 0) is 25.0 Å². The molecule has 2 saturated heterocycles. The van der Waals surface area contributed by atoms with Gasteiger partial charge in [-0.15, -0.1) is 0 Å². The van der Waals surface area contributed by atoms with E-state index in [1.807, 2.05) is 11.8 Å². The highest BCUT2D eigenvalue weighted by atomic mass is 32.2. The molecule has 0 radical (unpaired) electrons. The second kappa shape index (κ2) is 4.99. The van der Waals surface area contributed by atoms with Gasteiger partial charge in [0, 0.05) is 18.2 Å². The average Bonchev–Trinajstić information content (AvgIpc) is 2.24. The number of rotatable bonds is 2. The van der Waals surface area contributed by atoms with Gasteiger partial charge in [0.25, 0.3) is 0 Å². The van der Waals surface area contributed by atoms with Crippen molar-refractivity contribution >= 4 is 23.6 Å². The minimum Gasteiger partial charge on any atom is -0.302 e. The van der Waals surface area contributed by atoms with E-state index in [-0.39, 0.29) is 17.9 Å². The van der Waals surface area contributed by atoms with E-state index in [4.69, 9.17) is 0 Å². The molecule has 2 fully saturated rings. The number of hydrogen-bond acceptors (Lipinski definition) is 4. The molecule has 84 valence electrons. The Morgan fingerprint density at radius 2 is 2.20 bits per heavy atom. The number of piperidine rings is 1. The lowest BCUT2D eigenvalue weighted by atomic mass is 10.0. The number of imide groups is 1. The summed E-state index contributed by atoms with van der Waals surface area (Å²) in [4.78, 5) is 22.4. The van der Waals surface area contributed by atoms with Crippen LogP contribution in [0.5, 0.6) is 0 Å². The molecule has 2 heterocycles. The topological polar surface area (TPSA) is 58.2 Å². The molecule has 2 atom stereocenters. The third-order valence-corrected chi connectivity index (χ3v) is 4.05. The van der Waals surface area contributed by atoms with Crippen molar-refractivity contribution in [2.24, 2.45) is 0 Å². The highest BCUT2D eigenvalue weighted by Crippen LogP contribution is 2.18. The zero-order valence-corrected chi connectivity index (χ0v) is 9.44. The van der Waals surface area contributed by atoms with Gasteiger partial charge >= 0.3 is 0 Å². The first-order valence-electron chi connectivity index (χ1n) is 5.43. The Labute approximate surface area is 93.6 Å². The van der Waals surface area contributed by atoms with Crippen LogP contribution in [0.2, 0.25) is 0 Å². The molecule has 2 aliphatic rings. The highest BCUT2D eigenvalue weighted by Gasteiger charge is 2.28. The lowest BCUT2D eigenvalue weighted by Gasteiger charge is -2.29. The molecular formula is C10H16N2O2S. The van der Waals surface area contributed by atoms with E-state index in [2.05, 4.69) is 10.6 Å². The molecule has 0 saturated carbocycles. The lowest BCUT2D eigenvalue weighted by molar-refractivity contribution is -0.134. The summed E-state index contributed by atoms with van der Waals surface area (Å²) >= 11 is 1.93. The number of carbonyl (C=O) groups is 2.